The van der Waals surface area contributed by atoms with Gasteiger partial charge in [0.05, 0.1) is 0 Å². The highest BCUT2D eigenvalue weighted by atomic mass is 16.2. The Morgan fingerprint density at radius 3 is 2.30 bits per heavy atom. The van der Waals surface area contributed by atoms with Gasteiger partial charge in [0.1, 0.15) is 0 Å². The average Bonchev–Trinajstić information content (AvgIpc) is 2.53. The van der Waals surface area contributed by atoms with Crippen LogP contribution in [0.2, 0.25) is 0 Å². The fourth-order valence-electron chi connectivity index (χ4n) is 2.02. The zero-order valence-corrected chi connectivity index (χ0v) is 11.5. The van der Waals surface area contributed by atoms with Gasteiger partial charge in [-0.2, -0.15) is 0 Å². The SMILES string of the molecule is CCN(Cc1ccccc1)C(=O)c1ccc(NN)cc1. The lowest BCUT2D eigenvalue weighted by atomic mass is 10.1. The van der Waals surface area contributed by atoms with E-state index in [1.165, 1.54) is 0 Å². The lowest BCUT2D eigenvalue weighted by Gasteiger charge is -2.21. The van der Waals surface area contributed by atoms with E-state index in [0.717, 1.165) is 11.3 Å². The van der Waals surface area contributed by atoms with Crippen molar-refractivity contribution in [2.45, 2.75) is 13.5 Å². The Kier molecular flexibility index (Phi) is 4.74. The van der Waals surface area contributed by atoms with Gasteiger partial charge in [0, 0.05) is 24.3 Å². The molecule has 1 amide bonds. The van der Waals surface area contributed by atoms with Gasteiger partial charge >= 0.3 is 0 Å². The van der Waals surface area contributed by atoms with Crippen molar-refractivity contribution in [3.63, 3.8) is 0 Å². The van der Waals surface area contributed by atoms with Gasteiger partial charge in [0.2, 0.25) is 0 Å². The highest BCUT2D eigenvalue weighted by Crippen LogP contribution is 2.12. The lowest BCUT2D eigenvalue weighted by Crippen LogP contribution is -2.30. The number of nitrogen functional groups attached to an aromatic ring is 1. The maximum absolute atomic E-state index is 12.5. The van der Waals surface area contributed by atoms with Gasteiger partial charge in [-0.25, -0.2) is 0 Å². The molecule has 0 unspecified atom stereocenters. The summed E-state index contributed by atoms with van der Waals surface area (Å²) in [6.07, 6.45) is 0. The number of carbonyl (C=O) groups excluding carboxylic acids is 1. The van der Waals surface area contributed by atoms with Crippen LogP contribution < -0.4 is 11.3 Å². The summed E-state index contributed by atoms with van der Waals surface area (Å²) in [5, 5.41) is 0. The van der Waals surface area contributed by atoms with E-state index in [4.69, 9.17) is 5.84 Å². The van der Waals surface area contributed by atoms with Crippen LogP contribution in [0.4, 0.5) is 5.69 Å². The van der Waals surface area contributed by atoms with Gasteiger partial charge in [-0.05, 0) is 36.8 Å². The smallest absolute Gasteiger partial charge is 0.254 e. The Balaban J connectivity index is 2.12. The fourth-order valence-corrected chi connectivity index (χ4v) is 2.02. The Morgan fingerprint density at radius 1 is 1.10 bits per heavy atom. The molecule has 0 atom stereocenters. The molecule has 0 saturated carbocycles. The molecule has 0 bridgehead atoms. The number of hydrogen-bond acceptors (Lipinski definition) is 3. The first-order chi connectivity index (χ1) is 9.74. The van der Waals surface area contributed by atoms with Crippen LogP contribution in [0.5, 0.6) is 0 Å². The minimum absolute atomic E-state index is 0.0277. The number of amides is 1. The molecule has 104 valence electrons. The summed E-state index contributed by atoms with van der Waals surface area (Å²) in [4.78, 5) is 14.3. The minimum atomic E-state index is 0.0277. The third kappa shape index (κ3) is 3.36. The largest absolute Gasteiger partial charge is 0.335 e. The molecule has 0 aromatic heterocycles. The molecule has 4 heteroatoms. The molecule has 2 rings (SSSR count). The Bertz CT molecular complexity index is 552. The van der Waals surface area contributed by atoms with E-state index in [-0.39, 0.29) is 5.91 Å². The van der Waals surface area contributed by atoms with E-state index in [9.17, 15) is 4.79 Å². The second kappa shape index (κ2) is 6.73. The predicted octanol–water partition coefficient (Wildman–Crippen LogP) is 2.63. The van der Waals surface area contributed by atoms with Crippen molar-refractivity contribution in [2.24, 2.45) is 5.84 Å². The second-order valence-corrected chi connectivity index (χ2v) is 4.53. The zero-order chi connectivity index (χ0) is 14.4. The Hall–Kier alpha value is -2.33. The summed E-state index contributed by atoms with van der Waals surface area (Å²) in [6.45, 7) is 3.27. The summed E-state index contributed by atoms with van der Waals surface area (Å²) >= 11 is 0. The van der Waals surface area contributed by atoms with Crippen LogP contribution in [0.1, 0.15) is 22.8 Å². The van der Waals surface area contributed by atoms with Crippen molar-refractivity contribution in [1.82, 2.24) is 4.90 Å². The van der Waals surface area contributed by atoms with Crippen molar-refractivity contribution >= 4 is 11.6 Å². The molecule has 0 aliphatic rings. The van der Waals surface area contributed by atoms with Crippen LogP contribution >= 0.6 is 0 Å². The first-order valence-corrected chi connectivity index (χ1v) is 6.64. The third-order valence-corrected chi connectivity index (χ3v) is 3.18. The van der Waals surface area contributed by atoms with Crippen molar-refractivity contribution in [1.29, 1.82) is 0 Å². The van der Waals surface area contributed by atoms with Gasteiger partial charge in [0.15, 0.2) is 0 Å². The number of rotatable bonds is 5. The van der Waals surface area contributed by atoms with Crippen LogP contribution in [0.15, 0.2) is 54.6 Å². The molecular weight excluding hydrogens is 250 g/mol. The Labute approximate surface area is 119 Å². The van der Waals surface area contributed by atoms with Gasteiger partial charge in [0.25, 0.3) is 5.91 Å². The quantitative estimate of drug-likeness (QED) is 0.648. The lowest BCUT2D eigenvalue weighted by molar-refractivity contribution is 0.0752. The monoisotopic (exact) mass is 269 g/mol. The number of anilines is 1. The topological polar surface area (TPSA) is 58.4 Å². The van der Waals surface area contributed by atoms with Crippen molar-refractivity contribution in [3.8, 4) is 0 Å². The van der Waals surface area contributed by atoms with Crippen molar-refractivity contribution in [3.05, 3.63) is 65.7 Å². The summed E-state index contributed by atoms with van der Waals surface area (Å²) < 4.78 is 0. The number of carbonyl (C=O) groups is 1. The molecule has 0 saturated heterocycles. The zero-order valence-electron chi connectivity index (χ0n) is 11.5. The van der Waals surface area contributed by atoms with Gasteiger partial charge in [-0.15, -0.1) is 0 Å². The first kappa shape index (κ1) is 14.1. The van der Waals surface area contributed by atoms with E-state index in [0.29, 0.717) is 18.7 Å². The average molecular weight is 269 g/mol. The van der Waals surface area contributed by atoms with Crippen molar-refractivity contribution < 1.29 is 4.79 Å². The van der Waals surface area contributed by atoms with Crippen LogP contribution in [-0.4, -0.2) is 17.4 Å². The standard InChI is InChI=1S/C16H19N3O/c1-2-19(12-13-6-4-3-5-7-13)16(20)14-8-10-15(18-17)11-9-14/h3-11,18H,2,12,17H2,1H3. The minimum Gasteiger partial charge on any atom is -0.335 e. The maximum Gasteiger partial charge on any atom is 0.254 e. The number of benzene rings is 2. The van der Waals surface area contributed by atoms with E-state index in [1.807, 2.05) is 42.2 Å². The first-order valence-electron chi connectivity index (χ1n) is 6.64. The van der Waals surface area contributed by atoms with Gasteiger partial charge < -0.3 is 10.3 Å². The van der Waals surface area contributed by atoms with E-state index in [2.05, 4.69) is 5.43 Å². The second-order valence-electron chi connectivity index (χ2n) is 4.53. The molecule has 2 aromatic carbocycles. The molecule has 0 radical (unpaired) electrons. The molecule has 0 fully saturated rings. The summed E-state index contributed by atoms with van der Waals surface area (Å²) in [5.41, 5.74) is 5.13. The molecule has 0 aliphatic carbocycles. The van der Waals surface area contributed by atoms with Crippen LogP contribution in [-0.2, 0) is 6.54 Å². The number of hydrogen-bond donors (Lipinski definition) is 2. The molecule has 0 heterocycles. The highest BCUT2D eigenvalue weighted by Gasteiger charge is 2.14. The molecule has 4 nitrogen and oxygen atoms in total. The molecule has 20 heavy (non-hydrogen) atoms. The fraction of sp³-hybridized carbons (Fsp3) is 0.188. The molecule has 3 N–H and O–H groups in total. The van der Waals surface area contributed by atoms with E-state index < -0.39 is 0 Å². The summed E-state index contributed by atoms with van der Waals surface area (Å²) in [7, 11) is 0. The maximum atomic E-state index is 12.5. The van der Waals surface area contributed by atoms with E-state index >= 15 is 0 Å². The van der Waals surface area contributed by atoms with Gasteiger partial charge in [-0.3, -0.25) is 10.6 Å². The van der Waals surface area contributed by atoms with E-state index in [1.54, 1.807) is 24.3 Å². The summed E-state index contributed by atoms with van der Waals surface area (Å²) in [6, 6.07) is 17.1. The van der Waals surface area contributed by atoms with Crippen LogP contribution in [0.3, 0.4) is 0 Å². The number of hydrazine groups is 1. The third-order valence-electron chi connectivity index (χ3n) is 3.18. The van der Waals surface area contributed by atoms with Gasteiger partial charge in [-0.1, -0.05) is 30.3 Å². The number of nitrogens with zero attached hydrogens (tertiary/aromatic N) is 1. The molecule has 2 aromatic rings. The molecular formula is C16H19N3O. The number of nitrogens with one attached hydrogen (secondary N) is 1. The molecule has 0 aliphatic heterocycles. The summed E-state index contributed by atoms with van der Waals surface area (Å²) in [5.74, 6) is 5.35. The highest BCUT2D eigenvalue weighted by molar-refractivity contribution is 5.94. The Morgan fingerprint density at radius 2 is 1.75 bits per heavy atom. The van der Waals surface area contributed by atoms with Crippen LogP contribution in [0, 0.1) is 0 Å². The normalized spacial score (nSPS) is 10.1. The predicted molar refractivity (Wildman–Crippen MR) is 81.1 cm³/mol. The van der Waals surface area contributed by atoms with Crippen LogP contribution in [0.25, 0.3) is 0 Å². The number of nitrogens with two attached hydrogens (primary N) is 1. The molecule has 0 spiro atoms. The van der Waals surface area contributed by atoms with Crippen molar-refractivity contribution in [2.75, 3.05) is 12.0 Å².